The van der Waals surface area contributed by atoms with Crippen LogP contribution in [0.1, 0.15) is 51.4 Å². The van der Waals surface area contributed by atoms with Gasteiger partial charge in [-0.3, -0.25) is 19.2 Å². The van der Waals surface area contributed by atoms with E-state index in [-0.39, 0.29) is 19.3 Å². The molecule has 4 unspecified atom stereocenters. The maximum Gasteiger partial charge on any atom is 0.326 e. The number of carbonyl (C=O) groups is 5. The van der Waals surface area contributed by atoms with Gasteiger partial charge in [-0.05, 0) is 51.6 Å². The molecule has 4 amide bonds. The number of nitrogens with two attached hydrogens (primary N) is 4. The molecule has 0 saturated heterocycles. The quantitative estimate of drug-likeness (QED) is 0.0803. The first kappa shape index (κ1) is 31.2. The van der Waals surface area contributed by atoms with Crippen molar-refractivity contribution in [2.45, 2.75) is 75.5 Å². The lowest BCUT2D eigenvalue weighted by Crippen LogP contribution is -2.58. The number of hydrogen-bond donors (Lipinski definition) is 9. The van der Waals surface area contributed by atoms with Crippen LogP contribution >= 0.6 is 0 Å². The van der Waals surface area contributed by atoms with E-state index in [1.54, 1.807) is 0 Å². The molecule has 0 aromatic heterocycles. The summed E-state index contributed by atoms with van der Waals surface area (Å²) in [6.07, 6.45) is 2.47. The normalized spacial score (nSPS) is 14.4. The van der Waals surface area contributed by atoms with Crippen molar-refractivity contribution in [3.8, 4) is 0 Å². The Balaban J connectivity index is 5.19. The van der Waals surface area contributed by atoms with Crippen LogP contribution in [0.3, 0.4) is 0 Å². The van der Waals surface area contributed by atoms with Crippen LogP contribution in [0.25, 0.3) is 0 Å². The van der Waals surface area contributed by atoms with Crippen LogP contribution in [0.15, 0.2) is 0 Å². The molecule has 0 aliphatic heterocycles. The Labute approximate surface area is 198 Å². The van der Waals surface area contributed by atoms with Crippen LogP contribution < -0.4 is 38.9 Å². The Morgan fingerprint density at radius 3 is 1.71 bits per heavy atom. The van der Waals surface area contributed by atoms with Crippen molar-refractivity contribution in [2.24, 2.45) is 22.9 Å². The molecule has 4 atom stereocenters. The monoisotopic (exact) mass is 489 g/mol. The molecule has 0 aromatic carbocycles. The minimum absolute atomic E-state index is 0.209. The van der Waals surface area contributed by atoms with Gasteiger partial charge >= 0.3 is 5.97 Å². The predicted octanol–water partition coefficient (Wildman–Crippen LogP) is -3.63. The zero-order valence-corrected chi connectivity index (χ0v) is 19.3. The van der Waals surface area contributed by atoms with Gasteiger partial charge in [0.1, 0.15) is 18.1 Å². The van der Waals surface area contributed by atoms with Gasteiger partial charge in [-0.2, -0.15) is 0 Å². The minimum atomic E-state index is -1.49. The van der Waals surface area contributed by atoms with Gasteiger partial charge < -0.3 is 49.1 Å². The maximum atomic E-state index is 12.8. The molecule has 0 aliphatic rings. The van der Waals surface area contributed by atoms with Crippen LogP contribution in [0.4, 0.5) is 0 Å². The number of carbonyl (C=O) groups excluding carboxylic acids is 4. The second kappa shape index (κ2) is 17.6. The molecule has 13 N–H and O–H groups in total. The van der Waals surface area contributed by atoms with E-state index >= 15 is 0 Å². The van der Waals surface area contributed by atoms with Gasteiger partial charge in [0.15, 0.2) is 0 Å². The Bertz CT molecular complexity index is 678. The fourth-order valence-electron chi connectivity index (χ4n) is 2.96. The number of hydrogen-bond acceptors (Lipinski definition) is 9. The molecule has 14 nitrogen and oxygen atoms in total. The van der Waals surface area contributed by atoms with E-state index in [1.165, 1.54) is 0 Å². The number of aliphatic hydroxyl groups excluding tert-OH is 1. The number of unbranched alkanes of at least 4 members (excludes halogenated alkanes) is 2. The van der Waals surface area contributed by atoms with Crippen molar-refractivity contribution in [1.82, 2.24) is 16.0 Å². The maximum absolute atomic E-state index is 12.8. The van der Waals surface area contributed by atoms with E-state index in [9.17, 15) is 34.2 Å². The second-order valence-corrected chi connectivity index (χ2v) is 7.88. The minimum Gasteiger partial charge on any atom is -0.480 e. The topological polar surface area (TPSA) is 266 Å². The summed E-state index contributed by atoms with van der Waals surface area (Å²) in [7, 11) is 0. The summed E-state index contributed by atoms with van der Waals surface area (Å²) >= 11 is 0. The first-order valence-electron chi connectivity index (χ1n) is 11.3. The van der Waals surface area contributed by atoms with E-state index in [0.29, 0.717) is 45.2 Å². The Kier molecular flexibility index (Phi) is 16.2. The summed E-state index contributed by atoms with van der Waals surface area (Å²) in [5.74, 6) is -4.43. The van der Waals surface area contributed by atoms with Crippen LogP contribution in [0, 0.1) is 0 Å². The van der Waals surface area contributed by atoms with Gasteiger partial charge in [0, 0.05) is 6.42 Å². The smallest absolute Gasteiger partial charge is 0.326 e. The number of primary amides is 1. The average Bonchev–Trinajstić information content (AvgIpc) is 2.78. The SMILES string of the molecule is NCCCCC(N)C(=O)NC(CCCCN)C(=O)NC(CO)C(=O)NC(CCC(N)=O)C(=O)O. The average molecular weight is 490 g/mol. The molecule has 0 saturated carbocycles. The Morgan fingerprint density at radius 1 is 0.706 bits per heavy atom. The number of rotatable bonds is 19. The molecule has 0 bridgehead atoms. The highest BCUT2D eigenvalue weighted by molar-refractivity contribution is 5.94. The summed E-state index contributed by atoms with van der Waals surface area (Å²) in [5.41, 5.74) is 21.8. The van der Waals surface area contributed by atoms with Gasteiger partial charge in [-0.25, -0.2) is 4.79 Å². The number of nitrogens with one attached hydrogen (secondary N) is 3. The van der Waals surface area contributed by atoms with Gasteiger partial charge in [0.2, 0.25) is 23.6 Å². The number of aliphatic carboxylic acids is 1. The highest BCUT2D eigenvalue weighted by atomic mass is 16.4. The van der Waals surface area contributed by atoms with Crippen molar-refractivity contribution in [1.29, 1.82) is 0 Å². The molecule has 14 heteroatoms. The van der Waals surface area contributed by atoms with Crippen molar-refractivity contribution >= 4 is 29.6 Å². The van der Waals surface area contributed by atoms with Crippen LogP contribution in [-0.4, -0.2) is 83.7 Å². The zero-order chi connectivity index (χ0) is 26.1. The molecule has 0 aromatic rings. The molecule has 0 radical (unpaired) electrons. The standard InChI is InChI=1S/C20H39N7O7/c21-9-3-1-5-12(23)17(30)25-13(6-2-4-10-22)18(31)27-15(11-28)19(32)26-14(20(33)34)7-8-16(24)29/h12-15,28H,1-11,21-23H2,(H2,24,29)(H,25,30)(H,26,32)(H,27,31)(H,33,34). The predicted molar refractivity (Wildman–Crippen MR) is 123 cm³/mol. The summed E-state index contributed by atoms with van der Waals surface area (Å²) in [6, 6.07) is -4.84. The number of carboxylic acid groups (broad SMARTS) is 1. The Morgan fingerprint density at radius 2 is 1.21 bits per heavy atom. The molecule has 0 spiro atoms. The molecule has 0 aliphatic carbocycles. The third kappa shape index (κ3) is 13.0. The van der Waals surface area contributed by atoms with Crippen molar-refractivity contribution in [3.05, 3.63) is 0 Å². The van der Waals surface area contributed by atoms with E-state index in [1.807, 2.05) is 0 Å². The summed E-state index contributed by atoms with van der Waals surface area (Å²) in [4.78, 5) is 59.9. The highest BCUT2D eigenvalue weighted by Crippen LogP contribution is 2.05. The van der Waals surface area contributed by atoms with E-state index in [4.69, 9.17) is 22.9 Å². The van der Waals surface area contributed by atoms with Gasteiger partial charge in [0.05, 0.1) is 12.6 Å². The van der Waals surface area contributed by atoms with E-state index < -0.39 is 60.4 Å². The number of aliphatic hydroxyl groups is 1. The van der Waals surface area contributed by atoms with E-state index in [2.05, 4.69) is 16.0 Å². The van der Waals surface area contributed by atoms with Gasteiger partial charge in [-0.15, -0.1) is 0 Å². The summed E-state index contributed by atoms with van der Waals surface area (Å²) < 4.78 is 0. The molecular weight excluding hydrogens is 450 g/mol. The largest absolute Gasteiger partial charge is 0.480 e. The molecule has 0 rings (SSSR count). The summed E-state index contributed by atoms with van der Waals surface area (Å²) in [5, 5.41) is 25.8. The van der Waals surface area contributed by atoms with Crippen molar-refractivity contribution in [3.63, 3.8) is 0 Å². The number of amides is 4. The molecule has 196 valence electrons. The lowest BCUT2D eigenvalue weighted by atomic mass is 10.1. The van der Waals surface area contributed by atoms with Crippen molar-refractivity contribution < 1.29 is 34.2 Å². The summed E-state index contributed by atoms with van der Waals surface area (Å²) in [6.45, 7) is 0.0145. The van der Waals surface area contributed by atoms with Crippen LogP contribution in [0.2, 0.25) is 0 Å². The Hall–Kier alpha value is -2.81. The lowest BCUT2D eigenvalue weighted by Gasteiger charge is -2.24. The molecular formula is C20H39N7O7. The third-order valence-electron chi connectivity index (χ3n) is 5.00. The van der Waals surface area contributed by atoms with Crippen LogP contribution in [0.5, 0.6) is 0 Å². The fraction of sp³-hybridized carbons (Fsp3) is 0.750. The molecule has 0 heterocycles. The molecule has 0 fully saturated rings. The zero-order valence-electron chi connectivity index (χ0n) is 19.3. The fourth-order valence-corrected chi connectivity index (χ4v) is 2.96. The first-order valence-corrected chi connectivity index (χ1v) is 11.3. The third-order valence-corrected chi connectivity index (χ3v) is 5.00. The van der Waals surface area contributed by atoms with Gasteiger partial charge in [0.25, 0.3) is 0 Å². The lowest BCUT2D eigenvalue weighted by molar-refractivity contribution is -0.143. The van der Waals surface area contributed by atoms with Crippen LogP contribution in [-0.2, 0) is 24.0 Å². The first-order chi connectivity index (χ1) is 16.1. The second-order valence-electron chi connectivity index (χ2n) is 7.88. The highest BCUT2D eigenvalue weighted by Gasteiger charge is 2.30. The molecule has 34 heavy (non-hydrogen) atoms. The number of carboxylic acids is 1. The van der Waals surface area contributed by atoms with Gasteiger partial charge in [-0.1, -0.05) is 6.42 Å². The van der Waals surface area contributed by atoms with E-state index in [0.717, 1.165) is 0 Å². The van der Waals surface area contributed by atoms with Crippen molar-refractivity contribution in [2.75, 3.05) is 19.7 Å².